The Morgan fingerprint density at radius 1 is 1.27 bits per heavy atom. The summed E-state index contributed by atoms with van der Waals surface area (Å²) in [4.78, 5) is 36.6. The first kappa shape index (κ1) is 18.2. The number of hydrogen-bond donors (Lipinski definition) is 2. The number of nitrogens with one attached hydrogen (secondary N) is 1. The first-order chi connectivity index (χ1) is 12.4. The Bertz CT molecular complexity index is 1120. The van der Waals surface area contributed by atoms with Gasteiger partial charge in [-0.25, -0.2) is 0 Å². The van der Waals surface area contributed by atoms with E-state index in [1.807, 2.05) is 24.3 Å². The Labute approximate surface area is 162 Å². The van der Waals surface area contributed by atoms with E-state index in [-0.39, 0.29) is 23.4 Å². The van der Waals surface area contributed by atoms with Crippen LogP contribution in [0.3, 0.4) is 0 Å². The summed E-state index contributed by atoms with van der Waals surface area (Å²) in [6.07, 6.45) is 4.40. The molecule has 1 aromatic carbocycles. The number of carbonyl (C=O) groups is 1. The van der Waals surface area contributed by atoms with Crippen LogP contribution >= 0.6 is 22.6 Å². The van der Waals surface area contributed by atoms with E-state index >= 15 is 0 Å². The van der Waals surface area contributed by atoms with Gasteiger partial charge in [-0.15, -0.1) is 0 Å². The Balaban J connectivity index is 2.10. The van der Waals surface area contributed by atoms with Gasteiger partial charge in [0.15, 0.2) is 11.3 Å². The number of likely N-dealkylation sites (N-methyl/N-ethyl adjacent to an activating group) is 1. The Morgan fingerprint density at radius 2 is 2.04 bits per heavy atom. The lowest BCUT2D eigenvalue weighted by Gasteiger charge is -2.11. The first-order valence-corrected chi connectivity index (χ1v) is 8.90. The molecule has 8 heteroatoms. The van der Waals surface area contributed by atoms with Crippen LogP contribution in [0.2, 0.25) is 0 Å². The van der Waals surface area contributed by atoms with Crippen LogP contribution in [0.15, 0.2) is 52.4 Å². The molecule has 0 atom stereocenters. The van der Waals surface area contributed by atoms with Crippen LogP contribution in [-0.4, -0.2) is 27.0 Å². The number of carbonyl (C=O) groups excluding carboxylic acids is 1. The van der Waals surface area contributed by atoms with E-state index in [0.29, 0.717) is 6.54 Å². The number of hydrogen-bond acceptors (Lipinski definition) is 4. The van der Waals surface area contributed by atoms with Crippen molar-refractivity contribution >= 4 is 34.0 Å². The summed E-state index contributed by atoms with van der Waals surface area (Å²) in [5, 5.41) is 12.7. The zero-order chi connectivity index (χ0) is 18.8. The highest BCUT2D eigenvalue weighted by molar-refractivity contribution is 14.1. The minimum absolute atomic E-state index is 0.108. The molecule has 2 aromatic heterocycles. The molecule has 3 aromatic rings. The smallest absolute Gasteiger partial charge is 0.279 e. The molecule has 0 saturated heterocycles. The Hall–Kier alpha value is -2.62. The van der Waals surface area contributed by atoms with Gasteiger partial charge < -0.3 is 19.4 Å². The molecule has 134 valence electrons. The fourth-order valence-electron chi connectivity index (χ4n) is 2.70. The minimum Gasteiger partial charge on any atom is -0.503 e. The van der Waals surface area contributed by atoms with E-state index in [9.17, 15) is 19.5 Å². The lowest BCUT2D eigenvalue weighted by molar-refractivity contribution is -0.119. The van der Waals surface area contributed by atoms with Crippen molar-refractivity contribution in [3.63, 3.8) is 0 Å². The molecule has 0 unspecified atom stereocenters. The van der Waals surface area contributed by atoms with Crippen molar-refractivity contribution < 1.29 is 9.90 Å². The maximum Gasteiger partial charge on any atom is 0.279 e. The molecule has 2 N–H and O–H groups in total. The minimum atomic E-state index is -0.710. The van der Waals surface area contributed by atoms with E-state index in [2.05, 4.69) is 27.9 Å². The molecule has 2 heterocycles. The van der Waals surface area contributed by atoms with Gasteiger partial charge in [0.2, 0.25) is 11.3 Å². The molecule has 0 radical (unpaired) electrons. The lowest BCUT2D eigenvalue weighted by atomic mass is 10.1. The molecule has 7 nitrogen and oxygen atoms in total. The normalized spacial score (nSPS) is 10.8. The zero-order valence-corrected chi connectivity index (χ0v) is 16.1. The van der Waals surface area contributed by atoms with Crippen molar-refractivity contribution in [2.45, 2.75) is 13.0 Å². The quantitative estimate of drug-likeness (QED) is 0.565. The first-order valence-electron chi connectivity index (χ1n) is 7.82. The number of benzene rings is 1. The number of rotatable bonds is 4. The van der Waals surface area contributed by atoms with Crippen molar-refractivity contribution in [3.05, 3.63) is 78.1 Å². The van der Waals surface area contributed by atoms with Gasteiger partial charge in [0.1, 0.15) is 0 Å². The van der Waals surface area contributed by atoms with Gasteiger partial charge >= 0.3 is 0 Å². The largest absolute Gasteiger partial charge is 0.503 e. The Morgan fingerprint density at radius 3 is 2.73 bits per heavy atom. The number of aromatic nitrogens is 2. The lowest BCUT2D eigenvalue weighted by Crippen LogP contribution is -2.27. The van der Waals surface area contributed by atoms with Crippen molar-refractivity contribution in [1.82, 2.24) is 14.3 Å². The highest BCUT2D eigenvalue weighted by Crippen LogP contribution is 2.13. The summed E-state index contributed by atoms with van der Waals surface area (Å²) in [5.41, 5.74) is -0.246. The molecular formula is C18H16IN3O4. The van der Waals surface area contributed by atoms with Gasteiger partial charge in [-0.05, 0) is 40.3 Å². The van der Waals surface area contributed by atoms with E-state index in [4.69, 9.17) is 0 Å². The van der Waals surface area contributed by atoms with Gasteiger partial charge in [0.25, 0.3) is 5.56 Å². The van der Waals surface area contributed by atoms with Crippen molar-refractivity contribution in [3.8, 4) is 5.75 Å². The van der Waals surface area contributed by atoms with Gasteiger partial charge in [0.05, 0.1) is 13.0 Å². The number of nitrogens with zero attached hydrogens (tertiary/aromatic N) is 2. The third-order valence-electron chi connectivity index (χ3n) is 4.03. The number of fused-ring (bicyclic) bond motifs is 1. The number of amides is 1. The fraction of sp³-hybridized carbons (Fsp3) is 0.167. The molecule has 1 amide bonds. The molecular weight excluding hydrogens is 449 g/mol. The second-order valence-corrected chi connectivity index (χ2v) is 7.04. The van der Waals surface area contributed by atoms with Crippen LogP contribution in [0.4, 0.5) is 0 Å². The zero-order valence-electron chi connectivity index (χ0n) is 13.9. The average molecular weight is 465 g/mol. The van der Waals surface area contributed by atoms with Gasteiger partial charge in [0, 0.05) is 34.8 Å². The predicted octanol–water partition coefficient (Wildman–Crippen LogP) is 1.11. The second kappa shape index (κ2) is 7.32. The molecule has 0 aliphatic carbocycles. The number of aromatic hydroxyl groups is 1. The van der Waals surface area contributed by atoms with Crippen LogP contribution in [0.25, 0.3) is 5.52 Å². The third kappa shape index (κ3) is 3.50. The van der Waals surface area contributed by atoms with Crippen LogP contribution in [0.1, 0.15) is 11.1 Å². The molecule has 0 aliphatic rings. The molecule has 0 aliphatic heterocycles. The van der Waals surface area contributed by atoms with Crippen LogP contribution in [-0.2, 0) is 17.8 Å². The molecule has 0 fully saturated rings. The van der Waals surface area contributed by atoms with Crippen LogP contribution < -0.4 is 16.3 Å². The highest BCUT2D eigenvalue weighted by Gasteiger charge is 2.16. The van der Waals surface area contributed by atoms with Gasteiger partial charge in [-0.2, -0.15) is 0 Å². The molecule has 3 rings (SSSR count). The van der Waals surface area contributed by atoms with Gasteiger partial charge in [-0.1, -0.05) is 12.1 Å². The van der Waals surface area contributed by atoms with Crippen molar-refractivity contribution in [2.75, 3.05) is 7.05 Å². The Kier molecular flexibility index (Phi) is 5.12. The molecule has 26 heavy (non-hydrogen) atoms. The van der Waals surface area contributed by atoms with Crippen LogP contribution in [0.5, 0.6) is 5.75 Å². The van der Waals surface area contributed by atoms with E-state index < -0.39 is 16.7 Å². The standard InChI is InChI=1S/C18H16IN3O4/c1-20-14(23)8-12-10-21-5-6-22(9-11-3-2-4-13(19)7-11)18(26)15(21)17(25)16(12)24/h2-7,10,25H,8-9H2,1H3,(H,20,23). The maximum absolute atomic E-state index is 12.7. The third-order valence-corrected chi connectivity index (χ3v) is 4.70. The SMILES string of the molecule is CNC(=O)Cc1cn2ccn(Cc3cccc(I)c3)c(=O)c2c(O)c1=O. The van der Waals surface area contributed by atoms with Crippen LogP contribution in [0, 0.1) is 3.57 Å². The summed E-state index contributed by atoms with van der Waals surface area (Å²) in [6.45, 7) is 0.319. The fourth-order valence-corrected chi connectivity index (χ4v) is 3.31. The summed E-state index contributed by atoms with van der Waals surface area (Å²) >= 11 is 2.19. The van der Waals surface area contributed by atoms with Gasteiger partial charge in [-0.3, -0.25) is 14.4 Å². The monoisotopic (exact) mass is 465 g/mol. The molecule has 0 saturated carbocycles. The summed E-state index contributed by atoms with van der Waals surface area (Å²) in [5.74, 6) is -0.998. The van der Waals surface area contributed by atoms with E-state index in [1.165, 1.54) is 22.2 Å². The average Bonchev–Trinajstić information content (AvgIpc) is 2.61. The molecule has 0 spiro atoms. The number of halogens is 1. The van der Waals surface area contributed by atoms with E-state index in [1.54, 1.807) is 12.4 Å². The summed E-state index contributed by atoms with van der Waals surface area (Å²) < 4.78 is 3.85. The summed E-state index contributed by atoms with van der Waals surface area (Å²) in [7, 11) is 1.46. The topological polar surface area (TPSA) is 92.8 Å². The second-order valence-electron chi connectivity index (χ2n) is 5.80. The highest BCUT2D eigenvalue weighted by atomic mass is 127. The predicted molar refractivity (Wildman–Crippen MR) is 106 cm³/mol. The number of pyridine rings is 1. The molecule has 0 bridgehead atoms. The van der Waals surface area contributed by atoms with Crippen molar-refractivity contribution in [1.29, 1.82) is 0 Å². The summed E-state index contributed by atoms with van der Waals surface area (Å²) in [6, 6.07) is 7.70. The maximum atomic E-state index is 12.7. The van der Waals surface area contributed by atoms with E-state index in [0.717, 1.165) is 9.13 Å². The van der Waals surface area contributed by atoms with Crippen molar-refractivity contribution in [2.24, 2.45) is 0 Å².